The van der Waals surface area contributed by atoms with Gasteiger partial charge in [-0.05, 0) is 54.1 Å². The Morgan fingerprint density at radius 3 is 1.89 bits per heavy atom. The highest BCUT2D eigenvalue weighted by Crippen LogP contribution is 2.35. The van der Waals surface area contributed by atoms with Gasteiger partial charge < -0.3 is 19.3 Å². The van der Waals surface area contributed by atoms with E-state index in [0.717, 1.165) is 0 Å². The molecule has 0 radical (unpaired) electrons. The van der Waals surface area contributed by atoms with Gasteiger partial charge in [0.1, 0.15) is 18.1 Å². The second kappa shape index (κ2) is 10.5. The third-order valence-corrected chi connectivity index (χ3v) is 3.89. The fraction of sp³-hybridized carbons (Fsp3) is 0.235. The number of phosphoric acid groups is 1. The van der Waals surface area contributed by atoms with Gasteiger partial charge in [-0.15, -0.1) is 0 Å². The van der Waals surface area contributed by atoms with E-state index in [9.17, 15) is 9.36 Å². The van der Waals surface area contributed by atoms with E-state index < -0.39 is 7.82 Å². The standard InChI is InChI=1S/C17H18N3O7P/c18-20-19-9-10-25-15-5-1-13(2-6-15)17(21)14-3-7-16(8-4-14)26-11-12-27-28(22,23)24/h1-8H,9-12H2,(H2,22,23,24). The predicted octanol–water partition coefficient (Wildman–Crippen LogP) is 3.09. The number of benzene rings is 2. The van der Waals surface area contributed by atoms with Gasteiger partial charge in [0.15, 0.2) is 5.78 Å². The van der Waals surface area contributed by atoms with Crippen LogP contribution in [0.4, 0.5) is 0 Å². The molecule has 2 aromatic carbocycles. The zero-order chi connectivity index (χ0) is 20.4. The highest BCUT2D eigenvalue weighted by atomic mass is 31.2. The van der Waals surface area contributed by atoms with Gasteiger partial charge in [0.05, 0.1) is 19.8 Å². The summed E-state index contributed by atoms with van der Waals surface area (Å²) >= 11 is 0. The Kier molecular flexibility index (Phi) is 8.01. The van der Waals surface area contributed by atoms with Crippen molar-refractivity contribution in [3.8, 4) is 11.5 Å². The average Bonchev–Trinajstić information content (AvgIpc) is 2.68. The smallest absolute Gasteiger partial charge is 0.469 e. The van der Waals surface area contributed by atoms with Crippen molar-refractivity contribution in [1.29, 1.82) is 0 Å². The number of ether oxygens (including phenoxy) is 2. The molecule has 0 heterocycles. The van der Waals surface area contributed by atoms with Crippen molar-refractivity contribution in [3.05, 3.63) is 70.1 Å². The fourth-order valence-corrected chi connectivity index (χ4v) is 2.45. The summed E-state index contributed by atoms with van der Waals surface area (Å²) in [5.41, 5.74) is 9.13. The topological polar surface area (TPSA) is 151 Å². The van der Waals surface area contributed by atoms with Crippen LogP contribution in [0.2, 0.25) is 0 Å². The number of azide groups is 1. The molecule has 0 aliphatic carbocycles. The maximum absolute atomic E-state index is 12.5. The van der Waals surface area contributed by atoms with Crippen LogP contribution in [0.1, 0.15) is 15.9 Å². The molecule has 0 amide bonds. The molecule has 2 N–H and O–H groups in total. The number of ketones is 1. The van der Waals surface area contributed by atoms with Crippen LogP contribution in [0, 0.1) is 0 Å². The van der Waals surface area contributed by atoms with E-state index in [4.69, 9.17) is 24.8 Å². The maximum atomic E-state index is 12.5. The quantitative estimate of drug-likeness (QED) is 0.145. The Labute approximate surface area is 160 Å². The number of rotatable bonds is 11. The summed E-state index contributed by atoms with van der Waals surface area (Å²) in [6.07, 6.45) is 0. The molecule has 0 saturated heterocycles. The van der Waals surface area contributed by atoms with Crippen molar-refractivity contribution >= 4 is 13.6 Å². The molecule has 2 aromatic rings. The van der Waals surface area contributed by atoms with Crippen LogP contribution in [0.5, 0.6) is 11.5 Å². The summed E-state index contributed by atoms with van der Waals surface area (Å²) in [5.74, 6) is 0.817. The van der Waals surface area contributed by atoms with E-state index >= 15 is 0 Å². The van der Waals surface area contributed by atoms with Gasteiger partial charge in [-0.3, -0.25) is 9.32 Å². The van der Waals surface area contributed by atoms with Gasteiger partial charge in [-0.25, -0.2) is 4.57 Å². The molecule has 11 heteroatoms. The van der Waals surface area contributed by atoms with Crippen LogP contribution in [-0.4, -0.2) is 41.9 Å². The van der Waals surface area contributed by atoms with Gasteiger partial charge in [-0.1, -0.05) is 5.11 Å². The summed E-state index contributed by atoms with van der Waals surface area (Å²) in [6, 6.07) is 12.9. The van der Waals surface area contributed by atoms with Gasteiger partial charge in [-0.2, -0.15) is 0 Å². The molecule has 0 spiro atoms. The zero-order valence-corrected chi connectivity index (χ0v) is 15.6. The van der Waals surface area contributed by atoms with E-state index in [2.05, 4.69) is 14.5 Å². The minimum atomic E-state index is -4.51. The van der Waals surface area contributed by atoms with Crippen molar-refractivity contribution in [3.63, 3.8) is 0 Å². The van der Waals surface area contributed by atoms with Gasteiger partial charge >= 0.3 is 7.82 Å². The lowest BCUT2D eigenvalue weighted by Gasteiger charge is -2.09. The molecule has 10 nitrogen and oxygen atoms in total. The lowest BCUT2D eigenvalue weighted by atomic mass is 10.0. The normalized spacial score (nSPS) is 10.8. The highest BCUT2D eigenvalue weighted by molar-refractivity contribution is 7.46. The van der Waals surface area contributed by atoms with Crippen LogP contribution >= 0.6 is 7.82 Å². The first-order chi connectivity index (χ1) is 13.4. The number of hydrogen-bond donors (Lipinski definition) is 2. The van der Waals surface area contributed by atoms with Crippen LogP contribution < -0.4 is 9.47 Å². The first-order valence-corrected chi connectivity index (χ1v) is 9.63. The molecular weight excluding hydrogens is 389 g/mol. The molecule has 0 aliphatic rings. The second-order valence-electron chi connectivity index (χ2n) is 5.35. The molecule has 0 unspecified atom stereocenters. The third-order valence-electron chi connectivity index (χ3n) is 3.37. The molecule has 28 heavy (non-hydrogen) atoms. The number of phosphoric ester groups is 1. The molecule has 0 aromatic heterocycles. The Balaban J connectivity index is 1.88. The Morgan fingerprint density at radius 1 is 0.929 bits per heavy atom. The molecule has 0 atom stereocenters. The van der Waals surface area contributed by atoms with Crippen molar-refractivity contribution in [2.75, 3.05) is 26.4 Å². The largest absolute Gasteiger partial charge is 0.493 e. The van der Waals surface area contributed by atoms with Crippen LogP contribution in [-0.2, 0) is 9.09 Å². The number of hydrogen-bond acceptors (Lipinski definition) is 6. The summed E-state index contributed by atoms with van der Waals surface area (Å²) in [4.78, 5) is 32.3. The number of carbonyl (C=O) groups is 1. The van der Waals surface area contributed by atoms with Crippen molar-refractivity contribution in [2.45, 2.75) is 0 Å². The molecule has 0 bridgehead atoms. The molecule has 148 valence electrons. The SMILES string of the molecule is [N-]=[N+]=NCCOc1ccc(C(=O)c2ccc(OCCOP(=O)(O)O)cc2)cc1. The van der Waals surface area contributed by atoms with Crippen molar-refractivity contribution in [2.24, 2.45) is 5.11 Å². The highest BCUT2D eigenvalue weighted by Gasteiger charge is 2.13. The van der Waals surface area contributed by atoms with Gasteiger partial charge in [0, 0.05) is 16.0 Å². The molecule has 0 saturated carbocycles. The van der Waals surface area contributed by atoms with Crippen LogP contribution in [0.25, 0.3) is 10.4 Å². The van der Waals surface area contributed by atoms with Gasteiger partial charge in [0.25, 0.3) is 0 Å². The van der Waals surface area contributed by atoms with Crippen molar-refractivity contribution in [1.82, 2.24) is 0 Å². The first kappa shape index (κ1) is 21.4. The summed E-state index contributed by atoms with van der Waals surface area (Å²) in [6.45, 7) is 0.164. The maximum Gasteiger partial charge on any atom is 0.469 e. The van der Waals surface area contributed by atoms with Gasteiger partial charge in [0.2, 0.25) is 0 Å². The van der Waals surface area contributed by atoms with Crippen molar-refractivity contribution < 1.29 is 33.1 Å². The van der Waals surface area contributed by atoms with E-state index in [-0.39, 0.29) is 32.1 Å². The van der Waals surface area contributed by atoms with E-state index in [1.54, 1.807) is 48.5 Å². The summed E-state index contributed by atoms with van der Waals surface area (Å²) in [7, 11) is -4.51. The Bertz CT molecular complexity index is 875. The van der Waals surface area contributed by atoms with E-state index in [1.165, 1.54) is 0 Å². The number of nitrogens with zero attached hydrogens (tertiary/aromatic N) is 3. The minimum Gasteiger partial charge on any atom is -0.493 e. The predicted molar refractivity (Wildman–Crippen MR) is 99.3 cm³/mol. The zero-order valence-electron chi connectivity index (χ0n) is 14.7. The Morgan fingerprint density at radius 2 is 1.43 bits per heavy atom. The van der Waals surface area contributed by atoms with E-state index in [1.807, 2.05) is 0 Å². The van der Waals surface area contributed by atoms with E-state index in [0.29, 0.717) is 22.6 Å². The average molecular weight is 407 g/mol. The lowest BCUT2D eigenvalue weighted by Crippen LogP contribution is -2.06. The summed E-state index contributed by atoms with van der Waals surface area (Å²) in [5, 5.41) is 3.36. The third kappa shape index (κ3) is 7.40. The fourth-order valence-electron chi connectivity index (χ4n) is 2.14. The minimum absolute atomic E-state index is 0.0421. The summed E-state index contributed by atoms with van der Waals surface area (Å²) < 4.78 is 25.5. The molecule has 0 fully saturated rings. The van der Waals surface area contributed by atoms with Crippen LogP contribution in [0.15, 0.2) is 53.6 Å². The Hall–Kier alpha value is -2.87. The van der Waals surface area contributed by atoms with Crippen LogP contribution in [0.3, 0.4) is 0 Å². The monoisotopic (exact) mass is 407 g/mol. The number of carbonyl (C=O) groups excluding carboxylic acids is 1. The first-order valence-electron chi connectivity index (χ1n) is 8.10. The molecular formula is C17H18N3O7P. The lowest BCUT2D eigenvalue weighted by molar-refractivity contribution is 0.103. The molecule has 0 aliphatic heterocycles. The molecule has 2 rings (SSSR count). The second-order valence-corrected chi connectivity index (χ2v) is 6.59.